The molecule has 0 saturated heterocycles. The molecular weight excluding hydrogens is 226 g/mol. The van der Waals surface area contributed by atoms with E-state index in [0.29, 0.717) is 13.2 Å². The lowest BCUT2D eigenvalue weighted by Crippen LogP contribution is -2.35. The van der Waals surface area contributed by atoms with Gasteiger partial charge in [0.15, 0.2) is 5.96 Å². The van der Waals surface area contributed by atoms with Gasteiger partial charge in [0.2, 0.25) is 0 Å². The fraction of sp³-hybridized carbons (Fsp3) is 0.500. The summed E-state index contributed by atoms with van der Waals surface area (Å²) < 4.78 is 5.79. The molecule has 0 atom stereocenters. The molecule has 0 aromatic heterocycles. The SMILES string of the molecule is NC(N)=NC1(COCc2ccccc2)CCCC1. The molecule has 0 unspecified atom stereocenters. The number of nitrogens with two attached hydrogens (primary N) is 2. The summed E-state index contributed by atoms with van der Waals surface area (Å²) in [5.74, 6) is 0.167. The third kappa shape index (κ3) is 3.47. The van der Waals surface area contributed by atoms with Crippen molar-refractivity contribution in [2.24, 2.45) is 16.5 Å². The highest BCUT2D eigenvalue weighted by Gasteiger charge is 2.33. The number of ether oxygens (including phenoxy) is 1. The van der Waals surface area contributed by atoms with Crippen LogP contribution in [-0.4, -0.2) is 18.1 Å². The van der Waals surface area contributed by atoms with Gasteiger partial charge in [-0.1, -0.05) is 43.2 Å². The van der Waals surface area contributed by atoms with Crippen LogP contribution in [0, 0.1) is 0 Å². The van der Waals surface area contributed by atoms with E-state index in [1.807, 2.05) is 18.2 Å². The number of benzene rings is 1. The van der Waals surface area contributed by atoms with Gasteiger partial charge in [0.05, 0.1) is 18.8 Å². The predicted octanol–water partition coefficient (Wildman–Crippen LogP) is 1.79. The molecule has 1 aromatic rings. The molecule has 1 aliphatic carbocycles. The number of rotatable bonds is 5. The van der Waals surface area contributed by atoms with Gasteiger partial charge in [-0.15, -0.1) is 0 Å². The van der Waals surface area contributed by atoms with Gasteiger partial charge in [-0.2, -0.15) is 0 Å². The molecule has 0 heterocycles. The Balaban J connectivity index is 1.89. The van der Waals surface area contributed by atoms with E-state index in [2.05, 4.69) is 17.1 Å². The summed E-state index contributed by atoms with van der Waals surface area (Å²) >= 11 is 0. The first-order chi connectivity index (χ1) is 8.70. The summed E-state index contributed by atoms with van der Waals surface area (Å²) in [6.45, 7) is 1.21. The number of hydrogen-bond donors (Lipinski definition) is 2. The van der Waals surface area contributed by atoms with Crippen molar-refractivity contribution in [3.63, 3.8) is 0 Å². The van der Waals surface area contributed by atoms with Crippen molar-refractivity contribution >= 4 is 5.96 Å². The van der Waals surface area contributed by atoms with E-state index in [4.69, 9.17) is 16.2 Å². The molecule has 0 radical (unpaired) electrons. The smallest absolute Gasteiger partial charge is 0.186 e. The zero-order chi connectivity index (χ0) is 12.8. The first-order valence-corrected chi connectivity index (χ1v) is 6.43. The number of aliphatic imine (C=N–C) groups is 1. The second-order valence-corrected chi connectivity index (χ2v) is 4.95. The van der Waals surface area contributed by atoms with Gasteiger partial charge in [0.1, 0.15) is 0 Å². The Kier molecular flexibility index (Phi) is 4.20. The second-order valence-electron chi connectivity index (χ2n) is 4.95. The largest absolute Gasteiger partial charge is 0.374 e. The molecule has 0 amide bonds. The lowest BCUT2D eigenvalue weighted by atomic mass is 10.00. The maximum atomic E-state index is 5.79. The zero-order valence-electron chi connectivity index (χ0n) is 10.6. The molecule has 0 bridgehead atoms. The second kappa shape index (κ2) is 5.87. The Bertz CT molecular complexity index is 393. The van der Waals surface area contributed by atoms with E-state index in [9.17, 15) is 0 Å². The monoisotopic (exact) mass is 247 g/mol. The molecular formula is C14H21N3O. The summed E-state index contributed by atoms with van der Waals surface area (Å²) in [7, 11) is 0. The third-order valence-electron chi connectivity index (χ3n) is 3.38. The molecule has 2 rings (SSSR count). The molecule has 4 N–H and O–H groups in total. The molecule has 1 aromatic carbocycles. The Labute approximate surface area is 108 Å². The van der Waals surface area contributed by atoms with Gasteiger partial charge in [-0.25, -0.2) is 4.99 Å². The summed E-state index contributed by atoms with van der Waals surface area (Å²) in [6, 6.07) is 10.1. The van der Waals surface area contributed by atoms with Crippen molar-refractivity contribution < 1.29 is 4.74 Å². The first-order valence-electron chi connectivity index (χ1n) is 6.43. The van der Waals surface area contributed by atoms with Crippen LogP contribution in [0.5, 0.6) is 0 Å². The van der Waals surface area contributed by atoms with Crippen LogP contribution >= 0.6 is 0 Å². The minimum atomic E-state index is -0.187. The van der Waals surface area contributed by atoms with Crippen LogP contribution in [0.3, 0.4) is 0 Å². The molecule has 1 saturated carbocycles. The van der Waals surface area contributed by atoms with E-state index < -0.39 is 0 Å². The quantitative estimate of drug-likeness (QED) is 0.615. The van der Waals surface area contributed by atoms with E-state index in [0.717, 1.165) is 12.8 Å². The Hall–Kier alpha value is -1.55. The fourth-order valence-corrected chi connectivity index (χ4v) is 2.53. The van der Waals surface area contributed by atoms with Gasteiger partial charge in [0.25, 0.3) is 0 Å². The van der Waals surface area contributed by atoms with Crippen LogP contribution in [0.2, 0.25) is 0 Å². The van der Waals surface area contributed by atoms with Crippen LogP contribution < -0.4 is 11.5 Å². The number of guanidine groups is 1. The molecule has 1 aliphatic rings. The Morgan fingerprint density at radius 2 is 1.83 bits per heavy atom. The van der Waals surface area contributed by atoms with Crippen LogP contribution in [0.25, 0.3) is 0 Å². The molecule has 98 valence electrons. The van der Waals surface area contributed by atoms with Crippen molar-refractivity contribution in [2.45, 2.75) is 37.8 Å². The van der Waals surface area contributed by atoms with Crippen molar-refractivity contribution in [1.29, 1.82) is 0 Å². The molecule has 1 fully saturated rings. The summed E-state index contributed by atoms with van der Waals surface area (Å²) in [6.07, 6.45) is 4.37. The van der Waals surface area contributed by atoms with Gasteiger partial charge in [-0.3, -0.25) is 0 Å². The van der Waals surface area contributed by atoms with Crippen LogP contribution in [0.15, 0.2) is 35.3 Å². The summed E-state index contributed by atoms with van der Waals surface area (Å²) in [5, 5.41) is 0. The van der Waals surface area contributed by atoms with E-state index in [-0.39, 0.29) is 11.5 Å². The maximum Gasteiger partial charge on any atom is 0.186 e. The fourth-order valence-electron chi connectivity index (χ4n) is 2.53. The van der Waals surface area contributed by atoms with Gasteiger partial charge < -0.3 is 16.2 Å². The highest BCUT2D eigenvalue weighted by Crippen LogP contribution is 2.33. The average molecular weight is 247 g/mol. The topological polar surface area (TPSA) is 73.6 Å². The third-order valence-corrected chi connectivity index (χ3v) is 3.38. The predicted molar refractivity (Wildman–Crippen MR) is 73.1 cm³/mol. The highest BCUT2D eigenvalue weighted by molar-refractivity contribution is 5.76. The Morgan fingerprint density at radius 3 is 2.44 bits per heavy atom. The van der Waals surface area contributed by atoms with E-state index >= 15 is 0 Å². The lowest BCUT2D eigenvalue weighted by molar-refractivity contribution is 0.0759. The Morgan fingerprint density at radius 1 is 1.17 bits per heavy atom. The van der Waals surface area contributed by atoms with Crippen LogP contribution in [-0.2, 0) is 11.3 Å². The molecule has 18 heavy (non-hydrogen) atoms. The standard InChI is InChI=1S/C14H21N3O/c15-13(16)17-14(8-4-5-9-14)11-18-10-12-6-2-1-3-7-12/h1-3,6-7H,4-5,8-11H2,(H4,15,16,17). The van der Waals surface area contributed by atoms with Crippen LogP contribution in [0.1, 0.15) is 31.2 Å². The van der Waals surface area contributed by atoms with Gasteiger partial charge >= 0.3 is 0 Å². The normalized spacial score (nSPS) is 17.6. The summed E-state index contributed by atoms with van der Waals surface area (Å²) in [4.78, 5) is 4.39. The van der Waals surface area contributed by atoms with Gasteiger partial charge in [0, 0.05) is 0 Å². The molecule has 0 aliphatic heterocycles. The van der Waals surface area contributed by atoms with Gasteiger partial charge in [-0.05, 0) is 18.4 Å². The number of hydrogen-bond acceptors (Lipinski definition) is 2. The van der Waals surface area contributed by atoms with Crippen molar-refractivity contribution in [1.82, 2.24) is 0 Å². The number of nitrogens with zero attached hydrogens (tertiary/aromatic N) is 1. The molecule has 4 heteroatoms. The van der Waals surface area contributed by atoms with E-state index in [1.165, 1.54) is 18.4 Å². The minimum Gasteiger partial charge on any atom is -0.374 e. The van der Waals surface area contributed by atoms with Crippen LogP contribution in [0.4, 0.5) is 0 Å². The summed E-state index contributed by atoms with van der Waals surface area (Å²) in [5.41, 5.74) is 12.0. The highest BCUT2D eigenvalue weighted by atomic mass is 16.5. The zero-order valence-corrected chi connectivity index (χ0v) is 10.6. The molecule has 4 nitrogen and oxygen atoms in total. The average Bonchev–Trinajstić information content (AvgIpc) is 2.78. The minimum absolute atomic E-state index is 0.167. The first kappa shape index (κ1) is 12.9. The molecule has 0 spiro atoms. The van der Waals surface area contributed by atoms with Crippen molar-refractivity contribution in [2.75, 3.05) is 6.61 Å². The lowest BCUT2D eigenvalue weighted by Gasteiger charge is -2.24. The van der Waals surface area contributed by atoms with E-state index in [1.54, 1.807) is 0 Å². The van der Waals surface area contributed by atoms with Crippen molar-refractivity contribution in [3.8, 4) is 0 Å². The maximum absolute atomic E-state index is 5.79. The van der Waals surface area contributed by atoms with Crippen molar-refractivity contribution in [3.05, 3.63) is 35.9 Å².